The number of likely N-dealkylation sites (tertiary alicyclic amines) is 1. The second-order valence-corrected chi connectivity index (χ2v) is 11.5. The maximum atomic E-state index is 15.9. The van der Waals surface area contributed by atoms with E-state index in [-0.39, 0.29) is 25.3 Å². The molecule has 0 spiro atoms. The molecule has 13 heteroatoms. The molecule has 7 nitrogen and oxygen atoms in total. The number of rotatable bonds is 6. The number of nitrogens with zero attached hydrogens (tertiary/aromatic N) is 4. The third-order valence-electron chi connectivity index (χ3n) is 8.41. The van der Waals surface area contributed by atoms with Crippen LogP contribution in [-0.2, 0) is 11.0 Å². The largest absolute Gasteiger partial charge is 0.416 e. The van der Waals surface area contributed by atoms with Gasteiger partial charge in [-0.25, -0.2) is 18.0 Å². The van der Waals surface area contributed by atoms with E-state index in [2.05, 4.69) is 10.3 Å². The fraction of sp³-hybridized carbons (Fsp3) is 0.533. The number of hydrogen-bond donors (Lipinski definition) is 1. The second-order valence-electron chi connectivity index (χ2n) is 11.5. The summed E-state index contributed by atoms with van der Waals surface area (Å²) in [6.45, 7) is 0.0700. The van der Waals surface area contributed by atoms with Crippen LogP contribution in [0.1, 0.15) is 86.4 Å². The normalized spacial score (nSPS) is 21.5. The van der Waals surface area contributed by atoms with E-state index < -0.39 is 77.6 Å². The maximum Gasteiger partial charge on any atom is 0.416 e. The summed E-state index contributed by atoms with van der Waals surface area (Å²) in [5.41, 5.74) is -1.76. The molecule has 0 bridgehead atoms. The minimum Gasteiger partial charge on any atom is -0.351 e. The summed E-state index contributed by atoms with van der Waals surface area (Å²) in [6, 6.07) is 1.87. The van der Waals surface area contributed by atoms with Crippen molar-refractivity contribution in [2.75, 3.05) is 11.4 Å². The molecule has 2 atom stereocenters. The Kier molecular flexibility index (Phi) is 8.58. The Morgan fingerprint density at radius 3 is 2.44 bits per heavy atom. The van der Waals surface area contributed by atoms with Gasteiger partial charge in [0.2, 0.25) is 11.8 Å². The molecule has 3 amide bonds. The average molecular weight is 608 g/mol. The first-order valence-electron chi connectivity index (χ1n) is 14.4. The van der Waals surface area contributed by atoms with E-state index in [4.69, 9.17) is 0 Å². The molecule has 1 unspecified atom stereocenters. The fourth-order valence-electron chi connectivity index (χ4n) is 5.92. The monoisotopic (exact) mass is 607 g/mol. The number of benzene rings is 1. The molecular weight excluding hydrogens is 576 g/mol. The molecule has 0 radical (unpaired) electrons. The van der Waals surface area contributed by atoms with Crippen LogP contribution in [0, 0.1) is 17.1 Å². The lowest BCUT2D eigenvalue weighted by Gasteiger charge is -2.40. The highest BCUT2D eigenvalue weighted by Crippen LogP contribution is 2.43. The number of aromatic nitrogens is 1. The van der Waals surface area contributed by atoms with Gasteiger partial charge in [0.15, 0.2) is 0 Å². The minimum atomic E-state index is -4.98. The standard InChI is InChI=1S/C30H31F6N5O2/c31-24-15-19(18-4-5-18)6-7-25(24)41(28(43)40-14-2-1-3-21(40)16-37)26(22-17-38-13-10-23(22)30(34,35)36)27(42)39-20-8-11-29(32,33)12-9-20/h6-7,10,13,15,17-18,20-21,26H,1-5,8-9,11-12,14H2,(H,39,42)/t21-,26?/m1/s1. The molecule has 3 aliphatic rings. The van der Waals surface area contributed by atoms with Crippen LogP contribution in [0.15, 0.2) is 36.7 Å². The van der Waals surface area contributed by atoms with Crippen molar-refractivity contribution in [3.63, 3.8) is 0 Å². The predicted octanol–water partition coefficient (Wildman–Crippen LogP) is 6.86. The smallest absolute Gasteiger partial charge is 0.351 e. The molecular formula is C30H31F6N5O2. The lowest BCUT2D eigenvalue weighted by molar-refractivity contribution is -0.138. The van der Waals surface area contributed by atoms with E-state index in [1.165, 1.54) is 12.1 Å². The molecule has 5 rings (SSSR count). The Morgan fingerprint density at radius 2 is 1.81 bits per heavy atom. The zero-order chi connectivity index (χ0) is 30.9. The molecule has 1 aromatic heterocycles. The van der Waals surface area contributed by atoms with Crippen LogP contribution in [0.5, 0.6) is 0 Å². The van der Waals surface area contributed by atoms with E-state index in [0.717, 1.165) is 30.1 Å². The number of urea groups is 1. The zero-order valence-electron chi connectivity index (χ0n) is 23.2. The predicted molar refractivity (Wildman–Crippen MR) is 144 cm³/mol. The average Bonchev–Trinajstić information content (AvgIpc) is 3.82. The SMILES string of the molecule is N#C[C@H]1CCCCN1C(=O)N(c1ccc(C2CC2)cc1F)C(C(=O)NC1CCC(F)(F)CC1)c1cnccc1C(F)(F)F. The summed E-state index contributed by atoms with van der Waals surface area (Å²) in [5, 5.41) is 12.3. The Labute approximate surface area is 244 Å². The van der Waals surface area contributed by atoms with Crippen LogP contribution in [0.3, 0.4) is 0 Å². The minimum absolute atomic E-state index is 0.0700. The maximum absolute atomic E-state index is 15.9. The number of nitriles is 1. The number of anilines is 1. The van der Waals surface area contributed by atoms with Gasteiger partial charge >= 0.3 is 12.2 Å². The van der Waals surface area contributed by atoms with Gasteiger partial charge in [0.25, 0.3) is 0 Å². The first-order chi connectivity index (χ1) is 20.4. The highest BCUT2D eigenvalue weighted by atomic mass is 19.4. The number of halogens is 6. The van der Waals surface area contributed by atoms with Crippen molar-refractivity contribution in [3.05, 3.63) is 59.2 Å². The van der Waals surface area contributed by atoms with Crippen molar-refractivity contribution in [1.29, 1.82) is 5.26 Å². The topological polar surface area (TPSA) is 89.3 Å². The molecule has 2 heterocycles. The van der Waals surface area contributed by atoms with Crippen molar-refractivity contribution in [2.24, 2.45) is 0 Å². The van der Waals surface area contributed by atoms with Crippen molar-refractivity contribution in [2.45, 2.75) is 93.9 Å². The third kappa shape index (κ3) is 6.73. The van der Waals surface area contributed by atoms with Gasteiger partial charge in [0.05, 0.1) is 17.3 Å². The van der Waals surface area contributed by atoms with Gasteiger partial charge < -0.3 is 10.2 Å². The van der Waals surface area contributed by atoms with Crippen LogP contribution >= 0.6 is 0 Å². The second kappa shape index (κ2) is 12.1. The van der Waals surface area contributed by atoms with Gasteiger partial charge in [-0.15, -0.1) is 0 Å². The highest BCUT2D eigenvalue weighted by molar-refractivity contribution is 6.01. The first-order valence-corrected chi connectivity index (χ1v) is 14.4. The Balaban J connectivity index is 1.64. The van der Waals surface area contributed by atoms with Crippen molar-refractivity contribution >= 4 is 17.6 Å². The molecule has 1 saturated heterocycles. The summed E-state index contributed by atoms with van der Waals surface area (Å²) < 4.78 is 86.4. The molecule has 1 aromatic carbocycles. The number of piperidine rings is 1. The first kappa shape index (κ1) is 30.6. The van der Waals surface area contributed by atoms with Crippen molar-refractivity contribution in [1.82, 2.24) is 15.2 Å². The van der Waals surface area contributed by atoms with E-state index in [9.17, 15) is 36.8 Å². The lowest BCUT2D eigenvalue weighted by atomic mass is 9.91. The van der Waals surface area contributed by atoms with Gasteiger partial charge in [-0.05, 0) is 74.6 Å². The van der Waals surface area contributed by atoms with Crippen LogP contribution in [0.25, 0.3) is 0 Å². The van der Waals surface area contributed by atoms with Crippen LogP contribution in [-0.4, -0.2) is 46.4 Å². The van der Waals surface area contributed by atoms with Gasteiger partial charge in [0, 0.05) is 43.4 Å². The Bertz CT molecular complexity index is 1400. The van der Waals surface area contributed by atoms with E-state index >= 15 is 4.39 Å². The van der Waals surface area contributed by atoms with Gasteiger partial charge in [-0.3, -0.25) is 14.7 Å². The van der Waals surface area contributed by atoms with Gasteiger partial charge in [-0.2, -0.15) is 18.4 Å². The summed E-state index contributed by atoms with van der Waals surface area (Å²) in [7, 11) is 0. The molecule has 2 aliphatic carbocycles. The molecule has 3 fully saturated rings. The van der Waals surface area contributed by atoms with Crippen LogP contribution in [0.2, 0.25) is 0 Å². The number of hydrogen-bond acceptors (Lipinski definition) is 4. The zero-order valence-corrected chi connectivity index (χ0v) is 23.2. The summed E-state index contributed by atoms with van der Waals surface area (Å²) in [4.78, 5) is 33.9. The van der Waals surface area contributed by atoms with Crippen LogP contribution < -0.4 is 10.2 Å². The molecule has 1 N–H and O–H groups in total. The number of carbonyl (C=O) groups excluding carboxylic acids is 2. The Hall–Kier alpha value is -3.82. The third-order valence-corrected chi connectivity index (χ3v) is 8.41. The number of nitrogens with one attached hydrogen (secondary N) is 1. The van der Waals surface area contributed by atoms with E-state index in [0.29, 0.717) is 35.8 Å². The summed E-state index contributed by atoms with van der Waals surface area (Å²) >= 11 is 0. The number of alkyl halides is 5. The van der Waals surface area contributed by atoms with Gasteiger partial charge in [0.1, 0.15) is 17.9 Å². The Morgan fingerprint density at radius 1 is 1.09 bits per heavy atom. The number of amides is 3. The summed E-state index contributed by atoms with van der Waals surface area (Å²) in [5.74, 6) is -4.83. The molecule has 230 valence electrons. The van der Waals surface area contributed by atoms with E-state index in [1.54, 1.807) is 6.07 Å². The van der Waals surface area contributed by atoms with Crippen molar-refractivity contribution in [3.8, 4) is 6.07 Å². The molecule has 43 heavy (non-hydrogen) atoms. The quantitative estimate of drug-likeness (QED) is 0.364. The number of carbonyl (C=O) groups is 2. The molecule has 2 saturated carbocycles. The number of pyridine rings is 1. The van der Waals surface area contributed by atoms with Gasteiger partial charge in [-0.1, -0.05) is 6.07 Å². The fourth-order valence-corrected chi connectivity index (χ4v) is 5.92. The molecule has 1 aliphatic heterocycles. The van der Waals surface area contributed by atoms with Crippen LogP contribution in [0.4, 0.5) is 36.8 Å². The lowest BCUT2D eigenvalue weighted by Crippen LogP contribution is -2.55. The highest BCUT2D eigenvalue weighted by Gasteiger charge is 2.45. The molecule has 2 aromatic rings. The van der Waals surface area contributed by atoms with Crippen molar-refractivity contribution < 1.29 is 35.9 Å². The van der Waals surface area contributed by atoms with E-state index in [1.807, 2.05) is 6.07 Å². The summed E-state index contributed by atoms with van der Waals surface area (Å²) in [6.07, 6.45) is -1.50.